The average Bonchev–Trinajstić information content (AvgIpc) is 2.83. The maximum absolute atomic E-state index is 5.73. The summed E-state index contributed by atoms with van der Waals surface area (Å²) < 4.78 is 11.2. The van der Waals surface area contributed by atoms with Gasteiger partial charge in [0.2, 0.25) is 5.88 Å². The fourth-order valence-corrected chi connectivity index (χ4v) is 4.49. The van der Waals surface area contributed by atoms with Crippen molar-refractivity contribution in [3.63, 3.8) is 0 Å². The van der Waals surface area contributed by atoms with Crippen LogP contribution in [0.4, 0.5) is 17.2 Å². The molecule has 7 nitrogen and oxygen atoms in total. The number of hydrogen-bond acceptors (Lipinski definition) is 8. The van der Waals surface area contributed by atoms with Crippen molar-refractivity contribution in [3.05, 3.63) is 54.5 Å². The van der Waals surface area contributed by atoms with Gasteiger partial charge in [0.05, 0.1) is 24.2 Å². The zero-order chi connectivity index (χ0) is 22.2. The third-order valence-electron chi connectivity index (χ3n) is 5.16. The van der Waals surface area contributed by atoms with Crippen LogP contribution >= 0.6 is 11.8 Å². The summed E-state index contributed by atoms with van der Waals surface area (Å²) in [6.45, 7) is 4.03. The molecule has 1 aliphatic rings. The maximum atomic E-state index is 5.73. The first kappa shape index (κ1) is 22.4. The van der Waals surface area contributed by atoms with E-state index in [9.17, 15) is 0 Å². The smallest absolute Gasteiger partial charge is 0.213 e. The second kappa shape index (κ2) is 11.2. The van der Waals surface area contributed by atoms with Crippen LogP contribution in [0, 0.1) is 0 Å². The van der Waals surface area contributed by atoms with E-state index in [0.29, 0.717) is 19.2 Å². The van der Waals surface area contributed by atoms with E-state index in [-0.39, 0.29) is 0 Å². The van der Waals surface area contributed by atoms with Crippen LogP contribution in [0.2, 0.25) is 0 Å². The molecule has 32 heavy (non-hydrogen) atoms. The van der Waals surface area contributed by atoms with Crippen LogP contribution in [-0.4, -0.2) is 35.4 Å². The number of unbranched alkanes of at least 4 members (excludes halogenated alkanes) is 3. The summed E-state index contributed by atoms with van der Waals surface area (Å²) in [5, 5.41) is 4.33. The van der Waals surface area contributed by atoms with Crippen molar-refractivity contribution in [2.24, 2.45) is 0 Å². The quantitative estimate of drug-likeness (QED) is 0.375. The molecule has 0 aliphatic carbocycles. The number of rotatable bonds is 11. The van der Waals surface area contributed by atoms with Crippen molar-refractivity contribution in [1.82, 2.24) is 15.0 Å². The zero-order valence-corrected chi connectivity index (χ0v) is 19.4. The minimum Gasteiger partial charge on any atom is -0.478 e. The molecule has 0 bridgehead atoms. The molecule has 0 unspecified atom stereocenters. The largest absolute Gasteiger partial charge is 0.478 e. The lowest BCUT2D eigenvalue weighted by atomic mass is 10.1. The molecular weight excluding hydrogens is 422 g/mol. The van der Waals surface area contributed by atoms with Gasteiger partial charge in [-0.15, -0.1) is 0 Å². The van der Waals surface area contributed by atoms with Gasteiger partial charge in [-0.1, -0.05) is 44.0 Å². The Morgan fingerprint density at radius 3 is 2.75 bits per heavy atom. The lowest BCUT2D eigenvalue weighted by molar-refractivity contribution is 0.204. The number of hydrogen-bond donors (Lipinski definition) is 1. The molecule has 0 amide bonds. The predicted octanol–water partition coefficient (Wildman–Crippen LogP) is 5.65. The second-order valence-electron chi connectivity index (χ2n) is 7.58. The number of ether oxygens (including phenoxy) is 2. The molecule has 168 valence electrons. The summed E-state index contributed by atoms with van der Waals surface area (Å²) in [5.41, 5.74) is 3.20. The van der Waals surface area contributed by atoms with E-state index >= 15 is 0 Å². The highest BCUT2D eigenvalue weighted by molar-refractivity contribution is 7.99. The Balaban J connectivity index is 1.37. The van der Waals surface area contributed by atoms with Crippen LogP contribution in [-0.2, 0) is 11.3 Å². The van der Waals surface area contributed by atoms with Crippen molar-refractivity contribution in [2.75, 3.05) is 30.7 Å². The predicted molar refractivity (Wildman–Crippen MR) is 128 cm³/mol. The standard InChI is InChI=1S/C24H29N5O2S/c1-3-4-5-6-13-31-22-10-8-19(16-28-22)27-15-18-7-9-21-20(14-18)29(17-30-2)23-24(32-21)26-12-11-25-23/h7-12,14,16,27H,3-6,13,15,17H2,1-2H3. The number of nitrogens with one attached hydrogen (secondary N) is 1. The molecule has 0 saturated heterocycles. The summed E-state index contributed by atoms with van der Waals surface area (Å²) in [7, 11) is 1.69. The summed E-state index contributed by atoms with van der Waals surface area (Å²) in [6, 6.07) is 10.4. The molecule has 0 atom stereocenters. The van der Waals surface area contributed by atoms with Crippen molar-refractivity contribution in [2.45, 2.75) is 49.1 Å². The van der Waals surface area contributed by atoms with Crippen molar-refractivity contribution in [1.29, 1.82) is 0 Å². The third-order valence-corrected chi connectivity index (χ3v) is 6.21. The lowest BCUT2D eigenvalue weighted by Gasteiger charge is -2.30. The van der Waals surface area contributed by atoms with E-state index in [1.165, 1.54) is 19.3 Å². The summed E-state index contributed by atoms with van der Waals surface area (Å²) in [4.78, 5) is 16.6. The van der Waals surface area contributed by atoms with Crippen molar-refractivity contribution in [3.8, 4) is 5.88 Å². The van der Waals surface area contributed by atoms with E-state index in [2.05, 4.69) is 50.3 Å². The molecule has 0 saturated carbocycles. The first-order valence-electron chi connectivity index (χ1n) is 11.0. The SMILES string of the molecule is CCCCCCOc1ccc(NCc2ccc3c(c2)N(COC)c2nccnc2S3)cn1. The van der Waals surface area contributed by atoms with Gasteiger partial charge in [-0.3, -0.25) is 4.90 Å². The van der Waals surface area contributed by atoms with Crippen molar-refractivity contribution < 1.29 is 9.47 Å². The van der Waals surface area contributed by atoms with Crippen LogP contribution in [0.15, 0.2) is 58.8 Å². The van der Waals surface area contributed by atoms with E-state index in [4.69, 9.17) is 9.47 Å². The number of nitrogens with zero attached hydrogens (tertiary/aromatic N) is 4. The number of pyridine rings is 1. The van der Waals surface area contributed by atoms with E-state index in [1.807, 2.05) is 18.3 Å². The molecule has 1 aliphatic heterocycles. The molecule has 0 spiro atoms. The number of anilines is 3. The number of aromatic nitrogens is 3. The van der Waals surface area contributed by atoms with E-state index in [1.54, 1.807) is 31.3 Å². The molecule has 4 rings (SSSR count). The third kappa shape index (κ3) is 5.49. The Kier molecular flexibility index (Phi) is 7.79. The molecule has 0 fully saturated rings. The number of fused-ring (bicyclic) bond motifs is 2. The molecular formula is C24H29N5O2S. The molecule has 3 heterocycles. The van der Waals surface area contributed by atoms with E-state index in [0.717, 1.165) is 45.7 Å². The maximum Gasteiger partial charge on any atom is 0.213 e. The number of benzene rings is 1. The summed E-state index contributed by atoms with van der Waals surface area (Å²) in [5.74, 6) is 1.50. The minimum atomic E-state index is 0.417. The first-order chi connectivity index (χ1) is 15.8. The van der Waals surface area contributed by atoms with Gasteiger partial charge in [-0.2, -0.15) is 0 Å². The van der Waals surface area contributed by atoms with Gasteiger partial charge in [-0.25, -0.2) is 15.0 Å². The highest BCUT2D eigenvalue weighted by Crippen LogP contribution is 2.46. The van der Waals surface area contributed by atoms with Gasteiger partial charge < -0.3 is 14.8 Å². The molecule has 0 radical (unpaired) electrons. The van der Waals surface area contributed by atoms with Gasteiger partial charge in [0.15, 0.2) is 5.82 Å². The van der Waals surface area contributed by atoms with Gasteiger partial charge in [0.1, 0.15) is 11.8 Å². The average molecular weight is 452 g/mol. The highest BCUT2D eigenvalue weighted by atomic mass is 32.2. The van der Waals surface area contributed by atoms with Crippen LogP contribution < -0.4 is 15.0 Å². The topological polar surface area (TPSA) is 72.4 Å². The van der Waals surface area contributed by atoms with Gasteiger partial charge >= 0.3 is 0 Å². The molecule has 1 N–H and O–H groups in total. The summed E-state index contributed by atoms with van der Waals surface area (Å²) in [6.07, 6.45) is 10.0. The molecule has 1 aromatic carbocycles. The Hall–Kier alpha value is -2.84. The Morgan fingerprint density at radius 1 is 1.03 bits per heavy atom. The molecule has 8 heteroatoms. The van der Waals surface area contributed by atoms with Gasteiger partial charge in [-0.05, 0) is 30.2 Å². The van der Waals surface area contributed by atoms with Crippen LogP contribution in [0.3, 0.4) is 0 Å². The first-order valence-corrected chi connectivity index (χ1v) is 11.8. The number of methoxy groups -OCH3 is 1. The zero-order valence-electron chi connectivity index (χ0n) is 18.6. The van der Waals surface area contributed by atoms with Crippen LogP contribution in [0.1, 0.15) is 38.2 Å². The van der Waals surface area contributed by atoms with Crippen LogP contribution in [0.5, 0.6) is 5.88 Å². The van der Waals surface area contributed by atoms with Crippen molar-refractivity contribution >= 4 is 29.0 Å². The highest BCUT2D eigenvalue weighted by Gasteiger charge is 2.25. The van der Waals surface area contributed by atoms with Crippen LogP contribution in [0.25, 0.3) is 0 Å². The van der Waals surface area contributed by atoms with Gasteiger partial charge in [0.25, 0.3) is 0 Å². The molecule has 2 aromatic heterocycles. The lowest BCUT2D eigenvalue weighted by Crippen LogP contribution is -2.24. The fourth-order valence-electron chi connectivity index (χ4n) is 3.50. The Morgan fingerprint density at radius 2 is 1.94 bits per heavy atom. The Labute approximate surface area is 193 Å². The van der Waals surface area contributed by atoms with E-state index < -0.39 is 0 Å². The monoisotopic (exact) mass is 451 g/mol. The van der Waals surface area contributed by atoms with Gasteiger partial charge in [0, 0.05) is 37.0 Å². The molecule has 3 aromatic rings. The normalized spacial score (nSPS) is 12.2. The second-order valence-corrected chi connectivity index (χ2v) is 8.61. The summed E-state index contributed by atoms with van der Waals surface area (Å²) >= 11 is 1.63. The fraction of sp³-hybridized carbons (Fsp3) is 0.375. The minimum absolute atomic E-state index is 0.417. The Bertz CT molecular complexity index is 1020.